The number of hydrogen-bond acceptors (Lipinski definition) is 8. The molecular weight excluding hydrogens is 440 g/mol. The fraction of sp³-hybridized carbons (Fsp3) is 0.385. The predicted molar refractivity (Wildman–Crippen MR) is 126 cm³/mol. The minimum Gasteiger partial charge on any atom is -0.491 e. The van der Waals surface area contributed by atoms with Gasteiger partial charge in [0.1, 0.15) is 24.7 Å². The van der Waals surface area contributed by atoms with Gasteiger partial charge < -0.3 is 18.9 Å². The molecule has 8 nitrogen and oxygen atoms in total. The highest BCUT2D eigenvalue weighted by atomic mass is 16.6. The smallest absolute Gasteiger partial charge is 0.159 e. The van der Waals surface area contributed by atoms with Gasteiger partial charge in [-0.3, -0.25) is 19.2 Å². The molecule has 0 fully saturated rings. The van der Waals surface area contributed by atoms with Crippen molar-refractivity contribution >= 4 is 23.1 Å². The Balaban J connectivity index is 1.64. The molecule has 0 bridgehead atoms. The van der Waals surface area contributed by atoms with Crippen LogP contribution in [0.3, 0.4) is 0 Å². The Labute approximate surface area is 199 Å². The first-order valence-electron chi connectivity index (χ1n) is 10.9. The molecule has 0 aliphatic heterocycles. The molecule has 0 radical (unpaired) electrons. The van der Waals surface area contributed by atoms with Gasteiger partial charge in [-0.2, -0.15) is 0 Å². The molecule has 2 aromatic carbocycles. The summed E-state index contributed by atoms with van der Waals surface area (Å²) in [6.07, 6.45) is 0. The molecule has 0 spiro atoms. The molecule has 0 unspecified atom stereocenters. The Hall–Kier alpha value is -3.36. The Kier molecular flexibility index (Phi) is 10.6. The van der Waals surface area contributed by atoms with Crippen LogP contribution in [-0.2, 0) is 9.47 Å². The van der Waals surface area contributed by atoms with Crippen molar-refractivity contribution in [2.24, 2.45) is 0 Å². The van der Waals surface area contributed by atoms with Gasteiger partial charge >= 0.3 is 0 Å². The van der Waals surface area contributed by atoms with Crippen LogP contribution in [0, 0.1) is 0 Å². The molecule has 2 aromatic rings. The van der Waals surface area contributed by atoms with Crippen LogP contribution in [0.2, 0.25) is 0 Å². The summed E-state index contributed by atoms with van der Waals surface area (Å²) in [4.78, 5) is 46.5. The molecule has 0 aromatic heterocycles. The third kappa shape index (κ3) is 8.88. The lowest BCUT2D eigenvalue weighted by Crippen LogP contribution is -2.14. The van der Waals surface area contributed by atoms with Gasteiger partial charge in [0.05, 0.1) is 26.4 Å². The van der Waals surface area contributed by atoms with Crippen LogP contribution in [0.25, 0.3) is 0 Å². The number of carbonyl (C=O) groups is 4. The lowest BCUT2D eigenvalue weighted by Gasteiger charge is -2.11. The second-order valence-electron chi connectivity index (χ2n) is 7.64. The van der Waals surface area contributed by atoms with Crippen molar-refractivity contribution in [1.29, 1.82) is 0 Å². The van der Waals surface area contributed by atoms with Crippen LogP contribution in [0.4, 0.5) is 0 Å². The zero-order chi connectivity index (χ0) is 25.1. The molecule has 0 atom stereocenters. The minimum atomic E-state index is -0.142. The van der Waals surface area contributed by atoms with E-state index in [0.29, 0.717) is 60.2 Å². The van der Waals surface area contributed by atoms with E-state index in [1.54, 1.807) is 36.4 Å². The van der Waals surface area contributed by atoms with Crippen molar-refractivity contribution in [3.63, 3.8) is 0 Å². The summed E-state index contributed by atoms with van der Waals surface area (Å²) < 4.78 is 22.1. The first kappa shape index (κ1) is 26.9. The van der Waals surface area contributed by atoms with E-state index in [2.05, 4.69) is 0 Å². The molecule has 0 heterocycles. The Morgan fingerprint density at radius 2 is 0.735 bits per heavy atom. The molecule has 2 rings (SSSR count). The van der Waals surface area contributed by atoms with Gasteiger partial charge in [0.2, 0.25) is 0 Å². The third-order valence-corrected chi connectivity index (χ3v) is 4.80. The van der Waals surface area contributed by atoms with E-state index in [1.807, 2.05) is 0 Å². The van der Waals surface area contributed by atoms with E-state index in [9.17, 15) is 19.2 Å². The molecule has 0 saturated heterocycles. The molecule has 0 aliphatic carbocycles. The number of Topliss-reactive ketones (excluding diaryl/α,β-unsaturated/α-hetero) is 4. The largest absolute Gasteiger partial charge is 0.491 e. The van der Waals surface area contributed by atoms with Crippen LogP contribution in [0.5, 0.6) is 11.5 Å². The van der Waals surface area contributed by atoms with E-state index in [4.69, 9.17) is 18.9 Å². The third-order valence-electron chi connectivity index (χ3n) is 4.80. The summed E-state index contributed by atoms with van der Waals surface area (Å²) in [5, 5.41) is 0. The molecule has 0 aliphatic rings. The minimum absolute atomic E-state index is 0.142. The Morgan fingerprint density at radius 3 is 1.00 bits per heavy atom. The summed E-state index contributed by atoms with van der Waals surface area (Å²) in [5.74, 6) is 0.313. The van der Waals surface area contributed by atoms with Crippen molar-refractivity contribution < 1.29 is 38.1 Å². The molecule has 0 saturated carbocycles. The topological polar surface area (TPSA) is 105 Å². The van der Waals surface area contributed by atoms with Gasteiger partial charge in [-0.25, -0.2) is 0 Å². The number of carbonyl (C=O) groups excluding carboxylic acids is 4. The number of ether oxygens (including phenoxy) is 4. The molecule has 8 heteroatoms. The zero-order valence-corrected chi connectivity index (χ0v) is 20.0. The van der Waals surface area contributed by atoms with Crippen molar-refractivity contribution in [2.45, 2.75) is 27.7 Å². The van der Waals surface area contributed by atoms with Crippen molar-refractivity contribution in [3.8, 4) is 11.5 Å². The first-order valence-corrected chi connectivity index (χ1v) is 10.9. The Bertz CT molecular complexity index is 893. The van der Waals surface area contributed by atoms with Crippen LogP contribution in [0.15, 0.2) is 36.4 Å². The average Bonchev–Trinajstić information content (AvgIpc) is 2.79. The first-order chi connectivity index (χ1) is 16.2. The van der Waals surface area contributed by atoms with Gasteiger partial charge in [-0.05, 0) is 64.1 Å². The van der Waals surface area contributed by atoms with Crippen LogP contribution < -0.4 is 9.47 Å². The summed E-state index contributed by atoms with van der Waals surface area (Å²) >= 11 is 0. The fourth-order valence-electron chi connectivity index (χ4n) is 2.94. The van der Waals surface area contributed by atoms with Gasteiger partial charge in [0.25, 0.3) is 0 Å². The lowest BCUT2D eigenvalue weighted by molar-refractivity contribution is 0.0273. The Morgan fingerprint density at radius 1 is 0.471 bits per heavy atom. The number of ketones is 4. The maximum atomic E-state index is 11.6. The van der Waals surface area contributed by atoms with Gasteiger partial charge in [0.15, 0.2) is 23.1 Å². The maximum Gasteiger partial charge on any atom is 0.159 e. The second kappa shape index (κ2) is 13.4. The highest BCUT2D eigenvalue weighted by molar-refractivity contribution is 6.01. The molecule has 34 heavy (non-hydrogen) atoms. The summed E-state index contributed by atoms with van der Waals surface area (Å²) in [6, 6.07) is 9.51. The van der Waals surface area contributed by atoms with E-state index in [1.165, 1.54) is 27.7 Å². The standard InChI is InChI=1S/C26H30O8/c1-17(27)21-11-22(18(2)28)14-25(13-21)33-9-7-31-5-6-32-8-10-34-26-15-23(19(3)29)12-24(16-26)20(4)30/h11-16H,5-10H2,1-4H3. The number of hydrogen-bond donors (Lipinski definition) is 0. The highest BCUT2D eigenvalue weighted by Gasteiger charge is 2.10. The highest BCUT2D eigenvalue weighted by Crippen LogP contribution is 2.19. The molecular formula is C26H30O8. The zero-order valence-electron chi connectivity index (χ0n) is 20.0. The van der Waals surface area contributed by atoms with Gasteiger partial charge in [0, 0.05) is 22.3 Å². The van der Waals surface area contributed by atoms with Crippen molar-refractivity contribution in [1.82, 2.24) is 0 Å². The van der Waals surface area contributed by atoms with Crippen LogP contribution >= 0.6 is 0 Å². The normalized spacial score (nSPS) is 10.6. The summed E-state index contributed by atoms with van der Waals surface area (Å²) in [7, 11) is 0. The lowest BCUT2D eigenvalue weighted by atomic mass is 10.1. The SMILES string of the molecule is CC(=O)c1cc(OCCOCCOCCOc2cc(C(C)=O)cc(C(C)=O)c2)cc(C(C)=O)c1. The van der Waals surface area contributed by atoms with E-state index in [-0.39, 0.29) is 36.3 Å². The monoisotopic (exact) mass is 470 g/mol. The van der Waals surface area contributed by atoms with E-state index < -0.39 is 0 Å². The van der Waals surface area contributed by atoms with Crippen molar-refractivity contribution in [3.05, 3.63) is 58.7 Å². The summed E-state index contributed by atoms with van der Waals surface area (Å²) in [5.41, 5.74) is 1.68. The molecule has 0 amide bonds. The summed E-state index contributed by atoms with van der Waals surface area (Å²) in [6.45, 7) is 7.57. The average molecular weight is 471 g/mol. The second-order valence-corrected chi connectivity index (χ2v) is 7.64. The van der Waals surface area contributed by atoms with Gasteiger partial charge in [-0.15, -0.1) is 0 Å². The van der Waals surface area contributed by atoms with Crippen LogP contribution in [0.1, 0.15) is 69.1 Å². The molecule has 0 N–H and O–H groups in total. The van der Waals surface area contributed by atoms with E-state index in [0.717, 1.165) is 0 Å². The quantitative estimate of drug-likeness (QED) is 0.284. The fourth-order valence-corrected chi connectivity index (χ4v) is 2.94. The van der Waals surface area contributed by atoms with Crippen molar-refractivity contribution in [2.75, 3.05) is 39.6 Å². The number of benzene rings is 2. The van der Waals surface area contributed by atoms with E-state index >= 15 is 0 Å². The predicted octanol–water partition coefficient (Wildman–Crippen LogP) is 3.99. The number of rotatable bonds is 15. The van der Waals surface area contributed by atoms with Crippen LogP contribution in [-0.4, -0.2) is 62.8 Å². The van der Waals surface area contributed by atoms with Gasteiger partial charge in [-0.1, -0.05) is 0 Å². The molecule has 182 valence electrons. The maximum absolute atomic E-state index is 11.6.